The average molecular weight is 156 g/mol. The van der Waals surface area contributed by atoms with Gasteiger partial charge in [0.1, 0.15) is 0 Å². The van der Waals surface area contributed by atoms with Crippen molar-refractivity contribution in [3.05, 3.63) is 0 Å². The Morgan fingerprint density at radius 3 is 2.27 bits per heavy atom. The van der Waals surface area contributed by atoms with Gasteiger partial charge in [0.15, 0.2) is 0 Å². The van der Waals surface area contributed by atoms with E-state index >= 15 is 0 Å². The molecule has 2 unspecified atom stereocenters. The predicted molar refractivity (Wildman–Crippen MR) is 39.3 cm³/mol. The van der Waals surface area contributed by atoms with Crippen LogP contribution < -0.4 is 5.43 Å². The lowest BCUT2D eigenvalue weighted by molar-refractivity contribution is -0.144. The number of nitrogens with one attached hydrogen (secondary N) is 1. The molecule has 1 rings (SSSR count). The molecule has 1 heterocycles. The van der Waals surface area contributed by atoms with Crippen molar-refractivity contribution in [3.8, 4) is 0 Å². The highest BCUT2D eigenvalue weighted by Gasteiger charge is 2.36. The summed E-state index contributed by atoms with van der Waals surface area (Å²) in [5.41, 5.74) is 2.79. The Hall–Kier alpha value is -0.900. The largest absolute Gasteiger partial charge is 0.273 e. The molecule has 1 fully saturated rings. The number of hydrogen-bond donors (Lipinski definition) is 1. The summed E-state index contributed by atoms with van der Waals surface area (Å²) in [6.45, 7) is 5.06. The molecule has 4 nitrogen and oxygen atoms in total. The van der Waals surface area contributed by atoms with Gasteiger partial charge in [-0.25, -0.2) is 10.4 Å². The summed E-state index contributed by atoms with van der Waals surface area (Å²) >= 11 is 0. The van der Waals surface area contributed by atoms with Crippen LogP contribution in [0.3, 0.4) is 0 Å². The van der Waals surface area contributed by atoms with E-state index in [0.717, 1.165) is 5.01 Å². The summed E-state index contributed by atoms with van der Waals surface area (Å²) in [5, 5.41) is 1.08. The minimum absolute atomic E-state index is 0.0615. The van der Waals surface area contributed by atoms with Gasteiger partial charge in [0.05, 0.1) is 5.92 Å². The molecule has 4 heteroatoms. The first-order valence-electron chi connectivity index (χ1n) is 3.64. The van der Waals surface area contributed by atoms with Gasteiger partial charge in [-0.15, -0.1) is 0 Å². The number of carbonyl (C=O) groups is 2. The zero-order chi connectivity index (χ0) is 8.59. The third-order valence-corrected chi connectivity index (χ3v) is 2.01. The van der Waals surface area contributed by atoms with Crippen LogP contribution in [0.15, 0.2) is 0 Å². The number of carbonyl (C=O) groups excluding carboxylic acids is 2. The third-order valence-electron chi connectivity index (χ3n) is 2.01. The number of hydrazine groups is 1. The van der Waals surface area contributed by atoms with Gasteiger partial charge in [-0.2, -0.15) is 0 Å². The molecule has 0 saturated carbocycles. The fraction of sp³-hybridized carbons (Fsp3) is 0.714. The van der Waals surface area contributed by atoms with Gasteiger partial charge in [-0.3, -0.25) is 9.59 Å². The second-order valence-electron chi connectivity index (χ2n) is 2.90. The summed E-state index contributed by atoms with van der Waals surface area (Å²) in [4.78, 5) is 22.0. The first-order valence-corrected chi connectivity index (χ1v) is 3.64. The number of rotatable bonds is 0. The minimum Gasteiger partial charge on any atom is -0.273 e. The van der Waals surface area contributed by atoms with Crippen molar-refractivity contribution >= 4 is 11.8 Å². The molecular formula is C7H12N2O2. The second-order valence-corrected chi connectivity index (χ2v) is 2.90. The van der Waals surface area contributed by atoms with Gasteiger partial charge >= 0.3 is 0 Å². The molecule has 0 aromatic carbocycles. The van der Waals surface area contributed by atoms with Crippen LogP contribution >= 0.6 is 0 Å². The quantitative estimate of drug-likeness (QED) is 0.533. The summed E-state index contributed by atoms with van der Waals surface area (Å²) < 4.78 is 0. The molecule has 0 bridgehead atoms. The van der Waals surface area contributed by atoms with Crippen LogP contribution in [-0.4, -0.2) is 22.9 Å². The summed E-state index contributed by atoms with van der Waals surface area (Å²) in [5.74, 6) is -0.477. The highest BCUT2D eigenvalue weighted by atomic mass is 16.2. The molecule has 1 saturated heterocycles. The molecule has 1 N–H and O–H groups in total. The van der Waals surface area contributed by atoms with Gasteiger partial charge in [-0.05, 0) is 6.92 Å². The first kappa shape index (κ1) is 8.20. The van der Waals surface area contributed by atoms with E-state index in [2.05, 4.69) is 5.43 Å². The van der Waals surface area contributed by atoms with Crippen molar-refractivity contribution in [3.63, 3.8) is 0 Å². The van der Waals surface area contributed by atoms with Gasteiger partial charge in [0.25, 0.3) is 0 Å². The fourth-order valence-corrected chi connectivity index (χ4v) is 1.04. The molecular weight excluding hydrogens is 144 g/mol. The van der Waals surface area contributed by atoms with Crippen molar-refractivity contribution < 1.29 is 9.59 Å². The van der Waals surface area contributed by atoms with Gasteiger partial charge in [0, 0.05) is 13.0 Å². The van der Waals surface area contributed by atoms with E-state index in [1.807, 2.05) is 13.8 Å². The van der Waals surface area contributed by atoms with E-state index in [1.165, 1.54) is 6.92 Å². The lowest BCUT2D eigenvalue weighted by Gasteiger charge is -2.10. The van der Waals surface area contributed by atoms with Crippen LogP contribution in [0.2, 0.25) is 0 Å². The maximum atomic E-state index is 11.2. The molecule has 62 valence electrons. The van der Waals surface area contributed by atoms with Crippen LogP contribution in [0.4, 0.5) is 0 Å². The van der Waals surface area contributed by atoms with Gasteiger partial charge in [0.2, 0.25) is 11.8 Å². The van der Waals surface area contributed by atoms with E-state index in [0.29, 0.717) is 0 Å². The summed E-state index contributed by atoms with van der Waals surface area (Å²) in [6, 6.07) is 0.0615. The van der Waals surface area contributed by atoms with Crippen LogP contribution in [0.1, 0.15) is 20.8 Å². The normalized spacial score (nSPS) is 31.2. The molecule has 1 aliphatic heterocycles. The molecule has 0 aromatic rings. The van der Waals surface area contributed by atoms with Crippen LogP contribution in [0.25, 0.3) is 0 Å². The van der Waals surface area contributed by atoms with Crippen LogP contribution in [0.5, 0.6) is 0 Å². The molecule has 1 aliphatic rings. The first-order chi connectivity index (χ1) is 5.04. The van der Waals surface area contributed by atoms with Crippen molar-refractivity contribution in [2.75, 3.05) is 0 Å². The summed E-state index contributed by atoms with van der Waals surface area (Å²) in [6.07, 6.45) is 0. The standard InChI is InChI=1S/C7H12N2O2/c1-4-5(2)8-9(6(3)10)7(4)11/h4-5,8H,1-3H3. The molecule has 0 aromatic heterocycles. The van der Waals surface area contributed by atoms with Crippen molar-refractivity contribution in [2.45, 2.75) is 26.8 Å². The topological polar surface area (TPSA) is 49.4 Å². The highest BCUT2D eigenvalue weighted by molar-refractivity contribution is 5.96. The van der Waals surface area contributed by atoms with Crippen LogP contribution in [-0.2, 0) is 9.59 Å². The Bertz CT molecular complexity index is 203. The summed E-state index contributed by atoms with van der Waals surface area (Å²) in [7, 11) is 0. The van der Waals surface area contributed by atoms with Crippen molar-refractivity contribution in [2.24, 2.45) is 5.92 Å². The maximum absolute atomic E-state index is 11.2. The number of imide groups is 1. The smallest absolute Gasteiger partial charge is 0.248 e. The van der Waals surface area contributed by atoms with E-state index in [1.54, 1.807) is 0 Å². The Balaban J connectivity index is 2.75. The lowest BCUT2D eigenvalue weighted by atomic mass is 10.1. The number of nitrogens with zero attached hydrogens (tertiary/aromatic N) is 1. The molecule has 11 heavy (non-hydrogen) atoms. The van der Waals surface area contributed by atoms with Crippen molar-refractivity contribution in [1.29, 1.82) is 0 Å². The maximum Gasteiger partial charge on any atom is 0.248 e. The van der Waals surface area contributed by atoms with Crippen LogP contribution in [0, 0.1) is 5.92 Å². The second kappa shape index (κ2) is 2.62. The van der Waals surface area contributed by atoms with E-state index in [4.69, 9.17) is 0 Å². The Morgan fingerprint density at radius 2 is 2.09 bits per heavy atom. The molecule has 2 atom stereocenters. The molecule has 0 spiro atoms. The lowest BCUT2D eigenvalue weighted by Crippen LogP contribution is -2.40. The predicted octanol–water partition coefficient (Wildman–Crippen LogP) is -0.0957. The zero-order valence-corrected chi connectivity index (χ0v) is 6.92. The zero-order valence-electron chi connectivity index (χ0n) is 6.92. The number of amides is 2. The van der Waals surface area contributed by atoms with E-state index in [-0.39, 0.29) is 23.8 Å². The van der Waals surface area contributed by atoms with E-state index in [9.17, 15) is 9.59 Å². The van der Waals surface area contributed by atoms with Crippen molar-refractivity contribution in [1.82, 2.24) is 10.4 Å². The monoisotopic (exact) mass is 156 g/mol. The molecule has 0 aliphatic carbocycles. The SMILES string of the molecule is CC(=O)N1NC(C)C(C)C1=O. The average Bonchev–Trinajstić information content (AvgIpc) is 2.17. The molecule has 0 radical (unpaired) electrons. The third kappa shape index (κ3) is 1.26. The minimum atomic E-state index is -0.244. The van der Waals surface area contributed by atoms with E-state index < -0.39 is 0 Å². The molecule has 2 amide bonds. The number of hydrogen-bond acceptors (Lipinski definition) is 3. The fourth-order valence-electron chi connectivity index (χ4n) is 1.04. The Morgan fingerprint density at radius 1 is 1.55 bits per heavy atom. The highest BCUT2D eigenvalue weighted by Crippen LogP contribution is 2.14. The van der Waals surface area contributed by atoms with Gasteiger partial charge in [-0.1, -0.05) is 6.92 Å². The Kier molecular flexibility index (Phi) is 1.95. The Labute approximate surface area is 65.5 Å². The van der Waals surface area contributed by atoms with Gasteiger partial charge < -0.3 is 0 Å².